The van der Waals surface area contributed by atoms with Gasteiger partial charge in [-0.15, -0.1) is 0 Å². The fourth-order valence-electron chi connectivity index (χ4n) is 4.66. The van der Waals surface area contributed by atoms with E-state index in [-0.39, 0.29) is 17.7 Å². The standard InChI is InChI=1S/C27H27FN4O4/c28-20-7-5-19(6-8-20)25(33)29-21-9-10-23(22(18-21)26(34)31-11-1-2-12-31)30-13-15-32(16-14-30)27(35)24-4-3-17-36-24/h3-10,17-18H,1-2,11-16H2,(H,29,33). The van der Waals surface area contributed by atoms with Crippen LogP contribution in [-0.4, -0.2) is 66.8 Å². The van der Waals surface area contributed by atoms with Crippen LogP contribution in [0.4, 0.5) is 15.8 Å². The molecule has 0 radical (unpaired) electrons. The van der Waals surface area contributed by atoms with Crippen molar-refractivity contribution in [3.63, 3.8) is 0 Å². The second kappa shape index (κ2) is 10.2. The summed E-state index contributed by atoms with van der Waals surface area (Å²) in [7, 11) is 0. The van der Waals surface area contributed by atoms with Crippen LogP contribution in [0.3, 0.4) is 0 Å². The maximum absolute atomic E-state index is 13.5. The summed E-state index contributed by atoms with van der Waals surface area (Å²) >= 11 is 0. The highest BCUT2D eigenvalue weighted by Gasteiger charge is 2.28. The number of rotatable bonds is 5. The third-order valence-corrected chi connectivity index (χ3v) is 6.62. The Hall–Kier alpha value is -4.14. The van der Waals surface area contributed by atoms with Gasteiger partial charge in [0.25, 0.3) is 17.7 Å². The first kappa shape index (κ1) is 23.6. The summed E-state index contributed by atoms with van der Waals surface area (Å²) in [5, 5.41) is 2.82. The SMILES string of the molecule is O=C(Nc1ccc(N2CCN(C(=O)c3ccco3)CC2)c(C(=O)N2CCCC2)c1)c1ccc(F)cc1. The van der Waals surface area contributed by atoms with Gasteiger partial charge in [0.2, 0.25) is 0 Å². The van der Waals surface area contributed by atoms with Crippen LogP contribution in [-0.2, 0) is 0 Å². The van der Waals surface area contributed by atoms with E-state index in [1.165, 1.54) is 30.5 Å². The van der Waals surface area contributed by atoms with E-state index in [9.17, 15) is 18.8 Å². The van der Waals surface area contributed by atoms with Crippen molar-refractivity contribution in [2.75, 3.05) is 49.5 Å². The van der Waals surface area contributed by atoms with Crippen molar-refractivity contribution in [2.24, 2.45) is 0 Å². The number of nitrogens with one attached hydrogen (secondary N) is 1. The van der Waals surface area contributed by atoms with Gasteiger partial charge < -0.3 is 24.4 Å². The van der Waals surface area contributed by atoms with Gasteiger partial charge in [0.15, 0.2) is 5.76 Å². The van der Waals surface area contributed by atoms with Crippen LogP contribution in [0, 0.1) is 5.82 Å². The molecule has 3 aromatic rings. The van der Waals surface area contributed by atoms with Crippen molar-refractivity contribution in [3.05, 3.63) is 83.6 Å². The number of likely N-dealkylation sites (tertiary alicyclic amines) is 1. The number of halogens is 1. The molecule has 5 rings (SSSR count). The van der Waals surface area contributed by atoms with E-state index in [0.29, 0.717) is 61.8 Å². The molecule has 2 aliphatic rings. The van der Waals surface area contributed by atoms with Crippen molar-refractivity contribution in [3.8, 4) is 0 Å². The number of anilines is 2. The zero-order valence-electron chi connectivity index (χ0n) is 19.8. The van der Waals surface area contributed by atoms with Crippen LogP contribution >= 0.6 is 0 Å². The van der Waals surface area contributed by atoms with Crippen molar-refractivity contribution in [2.45, 2.75) is 12.8 Å². The Kier molecular flexibility index (Phi) is 6.71. The number of hydrogen-bond acceptors (Lipinski definition) is 5. The van der Waals surface area contributed by atoms with E-state index in [1.807, 2.05) is 11.0 Å². The molecule has 0 unspecified atom stereocenters. The first-order valence-electron chi connectivity index (χ1n) is 12.1. The number of furan rings is 1. The average molecular weight is 491 g/mol. The molecular weight excluding hydrogens is 463 g/mol. The summed E-state index contributed by atoms with van der Waals surface area (Å²) in [6, 6.07) is 13.9. The maximum atomic E-state index is 13.5. The van der Waals surface area contributed by atoms with Gasteiger partial charge in [-0.1, -0.05) is 0 Å². The van der Waals surface area contributed by atoms with Gasteiger partial charge in [-0.05, 0) is 67.4 Å². The molecular formula is C27H27FN4O4. The van der Waals surface area contributed by atoms with Gasteiger partial charge >= 0.3 is 0 Å². The van der Waals surface area contributed by atoms with Crippen LogP contribution in [0.5, 0.6) is 0 Å². The van der Waals surface area contributed by atoms with Crippen molar-refractivity contribution < 1.29 is 23.2 Å². The molecule has 2 fully saturated rings. The van der Waals surface area contributed by atoms with Crippen molar-refractivity contribution in [1.29, 1.82) is 0 Å². The van der Waals surface area contributed by atoms with Gasteiger partial charge in [0.1, 0.15) is 5.82 Å². The molecule has 3 amide bonds. The van der Waals surface area contributed by atoms with Crippen LogP contribution in [0.1, 0.15) is 44.1 Å². The molecule has 3 heterocycles. The maximum Gasteiger partial charge on any atom is 0.289 e. The Labute approximate surface area is 208 Å². The number of nitrogens with zero attached hydrogens (tertiary/aromatic N) is 3. The molecule has 1 aromatic heterocycles. The molecule has 36 heavy (non-hydrogen) atoms. The molecule has 0 spiro atoms. The summed E-state index contributed by atoms with van der Waals surface area (Å²) in [6.45, 7) is 3.54. The molecule has 0 atom stereocenters. The van der Waals surface area contributed by atoms with E-state index < -0.39 is 5.82 Å². The minimum atomic E-state index is -0.416. The van der Waals surface area contributed by atoms with Gasteiger partial charge in [0.05, 0.1) is 11.8 Å². The normalized spacial score (nSPS) is 15.8. The molecule has 0 bridgehead atoms. The highest BCUT2D eigenvalue weighted by atomic mass is 19.1. The zero-order chi connectivity index (χ0) is 25.1. The molecule has 9 heteroatoms. The molecule has 2 aliphatic heterocycles. The van der Waals surface area contributed by atoms with Crippen LogP contribution in [0.15, 0.2) is 65.3 Å². The Morgan fingerprint density at radius 1 is 0.806 bits per heavy atom. The molecule has 0 aliphatic carbocycles. The van der Waals surface area contributed by atoms with Crippen molar-refractivity contribution >= 4 is 29.1 Å². The summed E-state index contributed by atoms with van der Waals surface area (Å²) in [5.41, 5.74) is 2.10. The fraction of sp³-hybridized carbons (Fsp3) is 0.296. The van der Waals surface area contributed by atoms with E-state index >= 15 is 0 Å². The zero-order valence-corrected chi connectivity index (χ0v) is 19.8. The monoisotopic (exact) mass is 490 g/mol. The molecule has 2 saturated heterocycles. The number of amides is 3. The van der Waals surface area contributed by atoms with Gasteiger partial charge in [-0.2, -0.15) is 0 Å². The van der Waals surface area contributed by atoms with Crippen LogP contribution in [0.25, 0.3) is 0 Å². The Morgan fingerprint density at radius 2 is 1.50 bits per heavy atom. The number of piperazine rings is 1. The minimum absolute atomic E-state index is 0.0746. The summed E-state index contributed by atoms with van der Waals surface area (Å²) < 4.78 is 18.5. The topological polar surface area (TPSA) is 86.1 Å². The van der Waals surface area contributed by atoms with Crippen LogP contribution in [0.2, 0.25) is 0 Å². The highest BCUT2D eigenvalue weighted by Crippen LogP contribution is 2.29. The van der Waals surface area contributed by atoms with Gasteiger partial charge in [-0.25, -0.2) is 4.39 Å². The molecule has 0 saturated carbocycles. The predicted octanol–water partition coefficient (Wildman–Crippen LogP) is 3.87. The van der Waals surface area contributed by atoms with E-state index in [0.717, 1.165) is 18.5 Å². The second-order valence-corrected chi connectivity index (χ2v) is 8.95. The Balaban J connectivity index is 1.35. The van der Waals surface area contributed by atoms with Crippen molar-refractivity contribution in [1.82, 2.24) is 9.80 Å². The lowest BCUT2D eigenvalue weighted by atomic mass is 10.1. The number of hydrogen-bond donors (Lipinski definition) is 1. The second-order valence-electron chi connectivity index (χ2n) is 8.95. The first-order chi connectivity index (χ1) is 17.5. The quantitative estimate of drug-likeness (QED) is 0.587. The average Bonchev–Trinajstić information content (AvgIpc) is 3.63. The molecule has 1 N–H and O–H groups in total. The molecule has 8 nitrogen and oxygen atoms in total. The summed E-state index contributed by atoms with van der Waals surface area (Å²) in [5.74, 6) is -0.705. The van der Waals surface area contributed by atoms with E-state index in [2.05, 4.69) is 10.2 Å². The smallest absolute Gasteiger partial charge is 0.289 e. The molecule has 186 valence electrons. The fourth-order valence-corrected chi connectivity index (χ4v) is 4.66. The summed E-state index contributed by atoms with van der Waals surface area (Å²) in [6.07, 6.45) is 3.42. The largest absolute Gasteiger partial charge is 0.459 e. The Morgan fingerprint density at radius 3 is 2.17 bits per heavy atom. The number of benzene rings is 2. The lowest BCUT2D eigenvalue weighted by Gasteiger charge is -2.37. The first-order valence-corrected chi connectivity index (χ1v) is 12.1. The summed E-state index contributed by atoms with van der Waals surface area (Å²) in [4.78, 5) is 44.4. The predicted molar refractivity (Wildman–Crippen MR) is 133 cm³/mol. The van der Waals surface area contributed by atoms with Gasteiger partial charge in [-0.3, -0.25) is 14.4 Å². The van der Waals surface area contributed by atoms with E-state index in [1.54, 1.807) is 29.2 Å². The molecule has 2 aromatic carbocycles. The highest BCUT2D eigenvalue weighted by molar-refractivity contribution is 6.06. The lowest BCUT2D eigenvalue weighted by molar-refractivity contribution is 0.0712. The van der Waals surface area contributed by atoms with Gasteiger partial charge in [0, 0.05) is 56.2 Å². The minimum Gasteiger partial charge on any atom is -0.459 e. The third kappa shape index (κ3) is 4.95. The van der Waals surface area contributed by atoms with E-state index in [4.69, 9.17) is 4.42 Å². The number of carbonyl (C=O) groups excluding carboxylic acids is 3. The van der Waals surface area contributed by atoms with Crippen LogP contribution < -0.4 is 10.2 Å². The third-order valence-electron chi connectivity index (χ3n) is 6.62. The number of carbonyl (C=O) groups is 3. The Bertz CT molecular complexity index is 1250. The lowest BCUT2D eigenvalue weighted by Crippen LogP contribution is -2.49.